The largest absolute Gasteiger partial charge is 0.495 e. The van der Waals surface area contributed by atoms with Crippen LogP contribution in [0.15, 0.2) is 36.5 Å². The summed E-state index contributed by atoms with van der Waals surface area (Å²) in [6.45, 7) is 0.450. The summed E-state index contributed by atoms with van der Waals surface area (Å²) in [6, 6.07) is 9.87. The van der Waals surface area contributed by atoms with E-state index in [4.69, 9.17) is 10.5 Å². The number of hydrogen-bond acceptors (Lipinski definition) is 4. The number of nitrogens with one attached hydrogen (secondary N) is 1. The second-order valence-electron chi connectivity index (χ2n) is 4.26. The molecule has 0 amide bonds. The van der Waals surface area contributed by atoms with E-state index in [0.717, 1.165) is 33.6 Å². The molecule has 0 bridgehead atoms. The fourth-order valence-corrected chi connectivity index (χ4v) is 2.09. The van der Waals surface area contributed by atoms with Crippen molar-refractivity contribution in [2.24, 2.45) is 5.73 Å². The van der Waals surface area contributed by atoms with Gasteiger partial charge in [-0.3, -0.25) is 0 Å². The van der Waals surface area contributed by atoms with Crippen molar-refractivity contribution in [3.8, 4) is 17.1 Å². The Morgan fingerprint density at radius 2 is 2.21 bits per heavy atom. The van der Waals surface area contributed by atoms with E-state index in [9.17, 15) is 0 Å². The molecule has 2 heterocycles. The number of nitrogens with zero attached hydrogens (tertiary/aromatic N) is 2. The molecule has 19 heavy (non-hydrogen) atoms. The first-order valence-electron chi connectivity index (χ1n) is 5.99. The number of nitrogens with two attached hydrogens (primary N) is 1. The van der Waals surface area contributed by atoms with Crippen molar-refractivity contribution >= 4 is 10.9 Å². The van der Waals surface area contributed by atoms with Crippen molar-refractivity contribution in [1.29, 1.82) is 0 Å². The highest BCUT2D eigenvalue weighted by Crippen LogP contribution is 2.29. The van der Waals surface area contributed by atoms with Crippen molar-refractivity contribution in [2.75, 3.05) is 7.11 Å². The monoisotopic (exact) mass is 254 g/mol. The molecular weight excluding hydrogens is 240 g/mol. The number of fused-ring (bicyclic) bond motifs is 1. The van der Waals surface area contributed by atoms with Gasteiger partial charge in [0.25, 0.3) is 0 Å². The smallest absolute Gasteiger partial charge is 0.142 e. The highest BCUT2D eigenvalue weighted by molar-refractivity contribution is 5.89. The van der Waals surface area contributed by atoms with E-state index in [1.807, 2.05) is 30.3 Å². The van der Waals surface area contributed by atoms with Crippen LogP contribution in [0.1, 0.15) is 5.56 Å². The average Bonchev–Trinajstić information content (AvgIpc) is 2.91. The van der Waals surface area contributed by atoms with Crippen molar-refractivity contribution in [3.05, 3.63) is 42.1 Å². The average molecular weight is 254 g/mol. The Bertz CT molecular complexity index is 720. The number of rotatable bonds is 3. The minimum Gasteiger partial charge on any atom is -0.495 e. The lowest BCUT2D eigenvalue weighted by atomic mass is 10.2. The van der Waals surface area contributed by atoms with Gasteiger partial charge in [0.15, 0.2) is 0 Å². The fraction of sp³-hybridized carbons (Fsp3) is 0.143. The summed E-state index contributed by atoms with van der Waals surface area (Å²) in [7, 11) is 1.66. The standard InChI is InChI=1S/C14H14N4O/c1-19-13-4-2-3-10-6-11(17-14(10)13)12-5-9(7-15)8-16-18-12/h2-6,8,17H,7,15H2,1H3. The molecule has 1 aromatic carbocycles. The second kappa shape index (κ2) is 4.70. The highest BCUT2D eigenvalue weighted by Gasteiger charge is 2.08. The van der Waals surface area contributed by atoms with Crippen molar-refractivity contribution < 1.29 is 4.74 Å². The summed E-state index contributed by atoms with van der Waals surface area (Å²) < 4.78 is 5.33. The lowest BCUT2D eigenvalue weighted by Gasteiger charge is -2.00. The normalized spacial score (nSPS) is 10.8. The Morgan fingerprint density at radius 3 is 3.00 bits per heavy atom. The van der Waals surface area contributed by atoms with Gasteiger partial charge in [0, 0.05) is 11.9 Å². The van der Waals surface area contributed by atoms with E-state index in [2.05, 4.69) is 15.2 Å². The van der Waals surface area contributed by atoms with Gasteiger partial charge in [-0.15, -0.1) is 5.10 Å². The van der Waals surface area contributed by atoms with Gasteiger partial charge in [-0.25, -0.2) is 0 Å². The van der Waals surface area contributed by atoms with Gasteiger partial charge in [-0.1, -0.05) is 12.1 Å². The quantitative estimate of drug-likeness (QED) is 0.750. The summed E-state index contributed by atoms with van der Waals surface area (Å²) in [4.78, 5) is 3.31. The number of H-pyrrole nitrogens is 1. The summed E-state index contributed by atoms with van der Waals surface area (Å²) in [5.74, 6) is 0.812. The van der Waals surface area contributed by atoms with Crippen molar-refractivity contribution in [2.45, 2.75) is 6.54 Å². The molecule has 0 spiro atoms. The molecule has 3 N–H and O–H groups in total. The molecule has 3 rings (SSSR count). The lowest BCUT2D eigenvalue weighted by molar-refractivity contribution is 0.419. The Morgan fingerprint density at radius 1 is 1.32 bits per heavy atom. The van der Waals surface area contributed by atoms with Crippen LogP contribution in [0, 0.1) is 0 Å². The van der Waals surface area contributed by atoms with E-state index in [-0.39, 0.29) is 0 Å². The molecule has 0 saturated heterocycles. The van der Waals surface area contributed by atoms with Crippen LogP contribution in [-0.2, 0) is 6.54 Å². The van der Waals surface area contributed by atoms with Gasteiger partial charge in [-0.2, -0.15) is 5.10 Å². The Kier molecular flexibility index (Phi) is 2.89. The van der Waals surface area contributed by atoms with Crippen LogP contribution in [0.5, 0.6) is 5.75 Å². The van der Waals surface area contributed by atoms with Gasteiger partial charge in [-0.05, 0) is 23.8 Å². The molecule has 3 aromatic rings. The van der Waals surface area contributed by atoms with Crippen molar-refractivity contribution in [1.82, 2.24) is 15.2 Å². The van der Waals surface area contributed by atoms with Gasteiger partial charge in [0.1, 0.15) is 11.4 Å². The van der Waals surface area contributed by atoms with Crippen LogP contribution in [-0.4, -0.2) is 22.3 Å². The first kappa shape index (κ1) is 11.7. The summed E-state index contributed by atoms with van der Waals surface area (Å²) in [5.41, 5.74) is 9.22. The summed E-state index contributed by atoms with van der Waals surface area (Å²) in [5, 5.41) is 9.17. The zero-order valence-electron chi connectivity index (χ0n) is 10.6. The third-order valence-corrected chi connectivity index (χ3v) is 3.06. The molecule has 0 atom stereocenters. The third-order valence-electron chi connectivity index (χ3n) is 3.06. The van der Waals surface area contributed by atoms with Crippen LogP contribution < -0.4 is 10.5 Å². The first-order valence-corrected chi connectivity index (χ1v) is 5.99. The Hall–Kier alpha value is -2.40. The van der Waals surface area contributed by atoms with Crippen LogP contribution in [0.25, 0.3) is 22.3 Å². The first-order chi connectivity index (χ1) is 9.31. The lowest BCUT2D eigenvalue weighted by Crippen LogP contribution is -1.99. The predicted molar refractivity (Wildman–Crippen MR) is 73.8 cm³/mol. The fourth-order valence-electron chi connectivity index (χ4n) is 2.09. The summed E-state index contributed by atoms with van der Waals surface area (Å²) in [6.07, 6.45) is 1.67. The maximum Gasteiger partial charge on any atom is 0.142 e. The number of methoxy groups -OCH3 is 1. The molecule has 96 valence electrons. The molecule has 0 radical (unpaired) electrons. The van der Waals surface area contributed by atoms with E-state index in [1.165, 1.54) is 0 Å². The zero-order chi connectivity index (χ0) is 13.2. The minimum absolute atomic E-state index is 0.450. The number of hydrogen-bond donors (Lipinski definition) is 2. The molecule has 0 aliphatic rings. The van der Waals surface area contributed by atoms with Crippen LogP contribution in [0.2, 0.25) is 0 Å². The summed E-state index contributed by atoms with van der Waals surface area (Å²) >= 11 is 0. The second-order valence-corrected chi connectivity index (χ2v) is 4.26. The molecule has 0 unspecified atom stereocenters. The number of benzene rings is 1. The molecule has 2 aromatic heterocycles. The number of aromatic amines is 1. The van der Waals surface area contributed by atoms with E-state index >= 15 is 0 Å². The van der Waals surface area contributed by atoms with Crippen LogP contribution in [0.3, 0.4) is 0 Å². The minimum atomic E-state index is 0.450. The predicted octanol–water partition coefficient (Wildman–Crippen LogP) is 2.09. The molecule has 0 fully saturated rings. The molecule has 0 aliphatic heterocycles. The maximum absolute atomic E-state index is 5.62. The topological polar surface area (TPSA) is 76.8 Å². The SMILES string of the molecule is COc1cccc2cc(-c3cc(CN)cnn3)[nH]c12. The third kappa shape index (κ3) is 2.04. The number of ether oxygens (including phenoxy) is 1. The maximum atomic E-state index is 5.62. The molecule has 5 nitrogen and oxygen atoms in total. The van der Waals surface area contributed by atoms with Gasteiger partial charge < -0.3 is 15.5 Å². The zero-order valence-corrected chi connectivity index (χ0v) is 10.6. The Balaban J connectivity index is 2.15. The number of para-hydroxylation sites is 1. The van der Waals surface area contributed by atoms with E-state index in [1.54, 1.807) is 13.3 Å². The molecule has 0 saturated carbocycles. The molecule has 5 heteroatoms. The van der Waals surface area contributed by atoms with Gasteiger partial charge in [0.2, 0.25) is 0 Å². The molecule has 0 aliphatic carbocycles. The van der Waals surface area contributed by atoms with Crippen molar-refractivity contribution in [3.63, 3.8) is 0 Å². The molecular formula is C14H14N4O. The van der Waals surface area contributed by atoms with Gasteiger partial charge >= 0.3 is 0 Å². The van der Waals surface area contributed by atoms with Gasteiger partial charge in [0.05, 0.1) is 24.5 Å². The van der Waals surface area contributed by atoms with Crippen LogP contribution in [0.4, 0.5) is 0 Å². The van der Waals surface area contributed by atoms with Crippen LogP contribution >= 0.6 is 0 Å². The number of aromatic nitrogens is 3. The highest BCUT2D eigenvalue weighted by atomic mass is 16.5. The van der Waals surface area contributed by atoms with E-state index in [0.29, 0.717) is 6.54 Å². The Labute approximate surface area is 110 Å². The van der Waals surface area contributed by atoms with E-state index < -0.39 is 0 Å².